The molecule has 1 atom stereocenters. The van der Waals surface area contributed by atoms with E-state index in [9.17, 15) is 13.2 Å². The Morgan fingerprint density at radius 2 is 1.81 bits per heavy atom. The Hall–Kier alpha value is -2.61. The van der Waals surface area contributed by atoms with E-state index in [-0.39, 0.29) is 12.0 Å². The quantitative estimate of drug-likeness (QED) is 0.481. The van der Waals surface area contributed by atoms with Crippen LogP contribution in [0.1, 0.15) is 37.7 Å². The number of halogens is 3. The average Bonchev–Trinajstić information content (AvgIpc) is 2.78. The largest absolute Gasteiger partial charge is 0.573 e. The summed E-state index contributed by atoms with van der Waals surface area (Å²) >= 11 is 0. The van der Waals surface area contributed by atoms with Crippen molar-refractivity contribution in [2.75, 3.05) is 31.2 Å². The van der Waals surface area contributed by atoms with Crippen LogP contribution in [-0.4, -0.2) is 39.0 Å². The van der Waals surface area contributed by atoms with Crippen molar-refractivity contribution in [3.63, 3.8) is 0 Å². The van der Waals surface area contributed by atoms with Gasteiger partial charge in [-0.05, 0) is 68.5 Å². The molecule has 2 aliphatic heterocycles. The summed E-state index contributed by atoms with van der Waals surface area (Å²) in [7, 11) is 0. The lowest BCUT2D eigenvalue weighted by molar-refractivity contribution is -0.274. The molecule has 1 saturated heterocycles. The van der Waals surface area contributed by atoms with Crippen molar-refractivity contribution in [1.82, 2.24) is 0 Å². The molecule has 0 bridgehead atoms. The third kappa shape index (κ3) is 6.22. The van der Waals surface area contributed by atoms with Crippen molar-refractivity contribution >= 4 is 5.69 Å². The van der Waals surface area contributed by atoms with E-state index in [1.807, 2.05) is 12.1 Å². The highest BCUT2D eigenvalue weighted by Crippen LogP contribution is 2.35. The van der Waals surface area contributed by atoms with Gasteiger partial charge in [-0.2, -0.15) is 0 Å². The van der Waals surface area contributed by atoms with E-state index in [2.05, 4.69) is 15.7 Å². The molecule has 1 fully saturated rings. The SMILES string of the molecule is FC(F)(F)Oc1ccc(OCCCN2CCCc3c(OC4CCCCO4)cccc32)cc1. The van der Waals surface area contributed by atoms with E-state index in [0.717, 1.165) is 64.0 Å². The lowest BCUT2D eigenvalue weighted by atomic mass is 10.0. The zero-order valence-corrected chi connectivity index (χ0v) is 17.9. The van der Waals surface area contributed by atoms with Crippen LogP contribution in [0.2, 0.25) is 0 Å². The summed E-state index contributed by atoms with van der Waals surface area (Å²) in [5.74, 6) is 1.17. The highest BCUT2D eigenvalue weighted by Gasteiger charge is 2.31. The van der Waals surface area contributed by atoms with Gasteiger partial charge in [0.15, 0.2) is 6.29 Å². The van der Waals surface area contributed by atoms with Crippen molar-refractivity contribution < 1.29 is 32.1 Å². The van der Waals surface area contributed by atoms with Gasteiger partial charge < -0.3 is 23.8 Å². The Balaban J connectivity index is 1.28. The molecule has 8 heteroatoms. The summed E-state index contributed by atoms with van der Waals surface area (Å²) in [6.45, 7) is 3.02. The Morgan fingerprint density at radius 1 is 1.00 bits per heavy atom. The maximum Gasteiger partial charge on any atom is 0.573 e. The summed E-state index contributed by atoms with van der Waals surface area (Å²) in [5, 5.41) is 0. The zero-order valence-electron chi connectivity index (χ0n) is 17.9. The van der Waals surface area contributed by atoms with Crippen LogP contribution in [0.3, 0.4) is 0 Å². The minimum Gasteiger partial charge on any atom is -0.494 e. The van der Waals surface area contributed by atoms with Crippen molar-refractivity contribution in [3.8, 4) is 17.2 Å². The molecular weight excluding hydrogens is 423 g/mol. The molecule has 0 amide bonds. The van der Waals surface area contributed by atoms with Gasteiger partial charge in [0.25, 0.3) is 0 Å². The Morgan fingerprint density at radius 3 is 2.56 bits per heavy atom. The second-order valence-electron chi connectivity index (χ2n) is 7.98. The molecule has 5 nitrogen and oxygen atoms in total. The molecule has 0 saturated carbocycles. The normalized spacial score (nSPS) is 18.7. The molecule has 2 aromatic rings. The van der Waals surface area contributed by atoms with Gasteiger partial charge in [0.05, 0.1) is 13.2 Å². The molecule has 0 radical (unpaired) electrons. The second kappa shape index (κ2) is 10.3. The fraction of sp³-hybridized carbons (Fsp3) is 0.500. The Labute approximate surface area is 186 Å². The fourth-order valence-electron chi connectivity index (χ4n) is 4.14. The minimum absolute atomic E-state index is 0.160. The van der Waals surface area contributed by atoms with Crippen LogP contribution < -0.4 is 19.1 Å². The van der Waals surface area contributed by atoms with Crippen LogP contribution in [0.4, 0.5) is 18.9 Å². The van der Waals surface area contributed by atoms with E-state index in [1.54, 1.807) is 0 Å². The highest BCUT2D eigenvalue weighted by atomic mass is 19.4. The van der Waals surface area contributed by atoms with Crippen molar-refractivity contribution in [3.05, 3.63) is 48.0 Å². The van der Waals surface area contributed by atoms with E-state index >= 15 is 0 Å². The third-order valence-electron chi connectivity index (χ3n) is 5.60. The molecule has 2 aromatic carbocycles. The summed E-state index contributed by atoms with van der Waals surface area (Å²) in [4.78, 5) is 2.34. The van der Waals surface area contributed by atoms with E-state index < -0.39 is 6.36 Å². The van der Waals surface area contributed by atoms with Crippen molar-refractivity contribution in [1.29, 1.82) is 0 Å². The first kappa shape index (κ1) is 22.6. The second-order valence-corrected chi connectivity index (χ2v) is 7.98. The number of benzene rings is 2. The third-order valence-corrected chi connectivity index (χ3v) is 5.60. The first-order valence-electron chi connectivity index (χ1n) is 11.1. The zero-order chi connectivity index (χ0) is 22.4. The van der Waals surface area contributed by atoms with Gasteiger partial charge in [0.2, 0.25) is 0 Å². The summed E-state index contributed by atoms with van der Waals surface area (Å²) in [6, 6.07) is 11.6. The maximum atomic E-state index is 12.2. The lowest BCUT2D eigenvalue weighted by Gasteiger charge is -2.33. The van der Waals surface area contributed by atoms with Gasteiger partial charge in [-0.25, -0.2) is 0 Å². The average molecular weight is 451 g/mol. The first-order chi connectivity index (χ1) is 15.5. The summed E-state index contributed by atoms with van der Waals surface area (Å²) in [6.07, 6.45) is 1.12. The number of rotatable bonds is 8. The minimum atomic E-state index is -4.69. The van der Waals surface area contributed by atoms with Crippen LogP contribution in [0, 0.1) is 0 Å². The van der Waals surface area contributed by atoms with Gasteiger partial charge in [-0.3, -0.25) is 0 Å². The number of ether oxygens (including phenoxy) is 4. The monoisotopic (exact) mass is 451 g/mol. The molecule has 174 valence electrons. The van der Waals surface area contributed by atoms with Gasteiger partial charge in [-0.15, -0.1) is 13.2 Å². The van der Waals surface area contributed by atoms with Crippen molar-refractivity contribution in [2.24, 2.45) is 0 Å². The topological polar surface area (TPSA) is 40.2 Å². The fourth-order valence-corrected chi connectivity index (χ4v) is 4.14. The number of nitrogens with zero attached hydrogens (tertiary/aromatic N) is 1. The Kier molecular flexibility index (Phi) is 7.29. The predicted octanol–water partition coefficient (Wildman–Crippen LogP) is 5.71. The molecule has 2 heterocycles. The molecule has 2 aliphatic rings. The van der Waals surface area contributed by atoms with Crippen molar-refractivity contribution in [2.45, 2.75) is 51.2 Å². The number of hydrogen-bond acceptors (Lipinski definition) is 5. The van der Waals surface area contributed by atoms with Crippen LogP contribution in [0.15, 0.2) is 42.5 Å². The van der Waals surface area contributed by atoms with E-state index in [0.29, 0.717) is 12.4 Å². The molecule has 4 rings (SSSR count). The van der Waals surface area contributed by atoms with Crippen LogP contribution in [-0.2, 0) is 11.2 Å². The van der Waals surface area contributed by atoms with Gasteiger partial charge in [0.1, 0.15) is 17.2 Å². The summed E-state index contributed by atoms with van der Waals surface area (Å²) < 4.78 is 58.2. The van der Waals surface area contributed by atoms with Gasteiger partial charge >= 0.3 is 6.36 Å². The van der Waals surface area contributed by atoms with Crippen LogP contribution in [0.25, 0.3) is 0 Å². The van der Waals surface area contributed by atoms with Crippen LogP contribution in [0.5, 0.6) is 17.2 Å². The number of anilines is 1. The number of alkyl halides is 3. The van der Waals surface area contributed by atoms with Crippen LogP contribution >= 0.6 is 0 Å². The van der Waals surface area contributed by atoms with E-state index in [4.69, 9.17) is 14.2 Å². The molecule has 0 spiro atoms. The molecule has 0 N–H and O–H groups in total. The highest BCUT2D eigenvalue weighted by molar-refractivity contribution is 5.61. The van der Waals surface area contributed by atoms with Gasteiger partial charge in [0, 0.05) is 30.8 Å². The predicted molar refractivity (Wildman–Crippen MR) is 114 cm³/mol. The number of hydrogen-bond donors (Lipinski definition) is 0. The first-order valence-corrected chi connectivity index (χ1v) is 11.1. The standard InChI is InChI=1S/C24H28F3NO4/c25-24(26,27)32-19-12-10-18(11-13-19)29-17-5-15-28-14-4-6-20-21(28)7-3-8-22(20)31-23-9-1-2-16-30-23/h3,7-8,10-13,23H,1-2,4-6,9,14-17H2. The maximum absolute atomic E-state index is 12.2. The number of fused-ring (bicyclic) bond motifs is 1. The molecule has 0 aromatic heterocycles. The molecular formula is C24H28F3NO4. The smallest absolute Gasteiger partial charge is 0.494 e. The van der Waals surface area contributed by atoms with E-state index in [1.165, 1.54) is 35.5 Å². The summed E-state index contributed by atoms with van der Waals surface area (Å²) in [5.41, 5.74) is 2.42. The molecule has 0 aliphatic carbocycles. The molecule has 1 unspecified atom stereocenters. The molecule has 32 heavy (non-hydrogen) atoms. The lowest BCUT2D eigenvalue weighted by Crippen LogP contribution is -2.32. The van der Waals surface area contributed by atoms with Gasteiger partial charge in [-0.1, -0.05) is 6.07 Å². The Bertz CT molecular complexity index is 867.